The Morgan fingerprint density at radius 3 is 2.80 bits per heavy atom. The number of halogens is 1. The van der Waals surface area contributed by atoms with Gasteiger partial charge in [0.15, 0.2) is 6.23 Å². The zero-order valence-corrected chi connectivity index (χ0v) is 13.5. The van der Waals surface area contributed by atoms with Crippen LogP contribution >= 0.6 is 22.6 Å². The molecule has 3 rings (SSSR count). The van der Waals surface area contributed by atoms with Crippen molar-refractivity contribution in [1.82, 2.24) is 4.90 Å². The molecule has 0 aromatic rings. The summed E-state index contributed by atoms with van der Waals surface area (Å²) in [6, 6.07) is 0. The molecule has 0 aromatic heterocycles. The van der Waals surface area contributed by atoms with Crippen LogP contribution in [-0.2, 0) is 14.3 Å². The number of allylic oxidation sites excluding steroid dienone is 1. The quantitative estimate of drug-likeness (QED) is 0.362. The first-order chi connectivity index (χ1) is 9.60. The highest BCUT2D eigenvalue weighted by molar-refractivity contribution is 14.1. The van der Waals surface area contributed by atoms with Crippen molar-refractivity contribution in [2.75, 3.05) is 7.11 Å². The molecule has 2 bridgehead atoms. The van der Waals surface area contributed by atoms with Crippen LogP contribution in [0.5, 0.6) is 0 Å². The first-order valence-electron chi connectivity index (χ1n) is 7.00. The zero-order chi connectivity index (χ0) is 14.3. The number of nitrogens with zero attached hydrogens (tertiary/aromatic N) is 1. The van der Waals surface area contributed by atoms with E-state index < -0.39 is 12.3 Å². The van der Waals surface area contributed by atoms with Gasteiger partial charge in [-0.1, -0.05) is 47.9 Å². The van der Waals surface area contributed by atoms with E-state index in [0.29, 0.717) is 0 Å². The number of carbonyl (C=O) groups excluding carboxylic acids is 2. The van der Waals surface area contributed by atoms with Gasteiger partial charge in [-0.2, -0.15) is 0 Å². The smallest absolute Gasteiger partial charge is 0.416 e. The third-order valence-electron chi connectivity index (χ3n) is 4.75. The SMILES string of the molecule is COC(=O)N1C=CC2[C@H](I)C1OC(=O)C21CCCCC1. The minimum Gasteiger partial charge on any atom is -0.452 e. The van der Waals surface area contributed by atoms with Crippen LogP contribution in [0.4, 0.5) is 4.79 Å². The number of alkyl halides is 1. The molecule has 2 fully saturated rings. The first-order valence-corrected chi connectivity index (χ1v) is 8.24. The lowest BCUT2D eigenvalue weighted by Crippen LogP contribution is -2.61. The number of amides is 1. The van der Waals surface area contributed by atoms with Crippen LogP contribution in [0.2, 0.25) is 0 Å². The van der Waals surface area contributed by atoms with E-state index in [0.717, 1.165) is 25.7 Å². The summed E-state index contributed by atoms with van der Waals surface area (Å²) in [7, 11) is 1.33. The lowest BCUT2D eigenvalue weighted by Gasteiger charge is -2.51. The molecule has 2 aliphatic heterocycles. The molecule has 1 spiro atoms. The van der Waals surface area contributed by atoms with Crippen LogP contribution < -0.4 is 0 Å². The predicted molar refractivity (Wildman–Crippen MR) is 80.1 cm³/mol. The molecular weight excluding hydrogens is 373 g/mol. The second-order valence-corrected chi connectivity index (χ2v) is 7.14. The average Bonchev–Trinajstić information content (AvgIpc) is 2.47. The average molecular weight is 391 g/mol. The van der Waals surface area contributed by atoms with E-state index in [1.54, 1.807) is 6.20 Å². The van der Waals surface area contributed by atoms with Crippen LogP contribution in [0.15, 0.2) is 12.3 Å². The molecule has 0 radical (unpaired) electrons. The number of carbonyl (C=O) groups is 2. The summed E-state index contributed by atoms with van der Waals surface area (Å²) in [6.07, 6.45) is 7.82. The molecule has 3 aliphatic rings. The Morgan fingerprint density at radius 2 is 2.15 bits per heavy atom. The molecule has 1 saturated heterocycles. The minimum absolute atomic E-state index is 0.0764. The number of hydrogen-bond acceptors (Lipinski definition) is 4. The van der Waals surface area contributed by atoms with Crippen molar-refractivity contribution >= 4 is 34.7 Å². The Morgan fingerprint density at radius 1 is 1.45 bits per heavy atom. The van der Waals surface area contributed by atoms with Gasteiger partial charge < -0.3 is 9.47 Å². The Labute approximate surface area is 131 Å². The van der Waals surface area contributed by atoms with Crippen molar-refractivity contribution < 1.29 is 19.1 Å². The van der Waals surface area contributed by atoms with Gasteiger partial charge in [-0.3, -0.25) is 4.79 Å². The number of fused-ring (bicyclic) bond motifs is 3. The maximum atomic E-state index is 12.5. The third kappa shape index (κ3) is 1.95. The molecule has 5 nitrogen and oxygen atoms in total. The molecule has 2 unspecified atom stereocenters. The van der Waals surface area contributed by atoms with E-state index in [1.807, 2.05) is 6.08 Å². The molecule has 0 N–H and O–H groups in total. The van der Waals surface area contributed by atoms with E-state index in [9.17, 15) is 9.59 Å². The van der Waals surface area contributed by atoms with Gasteiger partial charge in [-0.25, -0.2) is 9.69 Å². The second-order valence-electron chi connectivity index (χ2n) is 5.70. The van der Waals surface area contributed by atoms with Crippen molar-refractivity contribution in [3.05, 3.63) is 12.3 Å². The molecule has 6 heteroatoms. The fraction of sp³-hybridized carbons (Fsp3) is 0.714. The normalized spacial score (nSPS) is 34.8. The molecular formula is C14H18INO4. The van der Waals surface area contributed by atoms with Gasteiger partial charge >= 0.3 is 12.1 Å². The number of hydrogen-bond donors (Lipinski definition) is 0. The standard InChI is InChI=1S/C14H18INO4/c1-19-13(18)16-8-5-9-10(15)11(16)20-12(17)14(9)6-3-2-4-7-14/h5,8-11H,2-4,6-7H2,1H3/t9?,10-,11?/m0/s1. The van der Waals surface area contributed by atoms with Gasteiger partial charge in [0.1, 0.15) is 0 Å². The van der Waals surface area contributed by atoms with E-state index in [1.165, 1.54) is 18.4 Å². The van der Waals surface area contributed by atoms with Gasteiger partial charge in [-0.15, -0.1) is 0 Å². The number of esters is 1. The summed E-state index contributed by atoms with van der Waals surface area (Å²) in [5.74, 6) is 0.00826. The maximum absolute atomic E-state index is 12.5. The van der Waals surface area contributed by atoms with Crippen LogP contribution in [0, 0.1) is 11.3 Å². The van der Waals surface area contributed by atoms with Crippen LogP contribution in [-0.4, -0.2) is 34.2 Å². The molecule has 2 heterocycles. The first kappa shape index (κ1) is 14.2. The van der Waals surface area contributed by atoms with Crippen molar-refractivity contribution in [2.45, 2.75) is 42.3 Å². The maximum Gasteiger partial charge on any atom is 0.416 e. The number of rotatable bonds is 0. The van der Waals surface area contributed by atoms with Gasteiger partial charge in [0.2, 0.25) is 0 Å². The Kier molecular flexibility index (Phi) is 3.68. The highest BCUT2D eigenvalue weighted by Crippen LogP contribution is 2.53. The molecule has 110 valence electrons. The minimum atomic E-state index is -0.543. The summed E-state index contributed by atoms with van der Waals surface area (Å²) in [4.78, 5) is 25.7. The van der Waals surface area contributed by atoms with Gasteiger partial charge in [-0.05, 0) is 12.8 Å². The van der Waals surface area contributed by atoms with E-state index in [2.05, 4.69) is 22.6 Å². The van der Waals surface area contributed by atoms with Crippen LogP contribution in [0.1, 0.15) is 32.1 Å². The predicted octanol–water partition coefficient (Wildman–Crippen LogP) is 2.84. The highest BCUT2D eigenvalue weighted by atomic mass is 127. The van der Waals surface area contributed by atoms with Gasteiger partial charge in [0, 0.05) is 12.1 Å². The van der Waals surface area contributed by atoms with Crippen molar-refractivity contribution in [1.29, 1.82) is 0 Å². The van der Waals surface area contributed by atoms with Crippen LogP contribution in [0.3, 0.4) is 0 Å². The van der Waals surface area contributed by atoms with Crippen LogP contribution in [0.25, 0.3) is 0 Å². The Bertz CT molecular complexity index is 458. The summed E-state index contributed by atoms with van der Waals surface area (Å²) >= 11 is 2.31. The fourth-order valence-electron chi connectivity index (χ4n) is 3.67. The van der Waals surface area contributed by atoms with Crippen molar-refractivity contribution in [3.63, 3.8) is 0 Å². The largest absolute Gasteiger partial charge is 0.452 e. The van der Waals surface area contributed by atoms with Crippen molar-refractivity contribution in [2.24, 2.45) is 11.3 Å². The molecule has 1 aliphatic carbocycles. The number of ether oxygens (including phenoxy) is 2. The van der Waals surface area contributed by atoms with E-state index in [-0.39, 0.29) is 21.2 Å². The highest BCUT2D eigenvalue weighted by Gasteiger charge is 2.58. The summed E-state index contributed by atoms with van der Waals surface area (Å²) in [5.41, 5.74) is -0.376. The molecule has 0 aromatic carbocycles. The van der Waals surface area contributed by atoms with Gasteiger partial charge in [0.05, 0.1) is 16.4 Å². The topological polar surface area (TPSA) is 55.8 Å². The summed E-state index contributed by atoms with van der Waals surface area (Å²) in [6.45, 7) is 0. The van der Waals surface area contributed by atoms with E-state index in [4.69, 9.17) is 9.47 Å². The van der Waals surface area contributed by atoms with E-state index >= 15 is 0 Å². The summed E-state index contributed by atoms with van der Waals surface area (Å²) in [5, 5.41) is 0. The Balaban J connectivity index is 1.95. The zero-order valence-electron chi connectivity index (χ0n) is 11.4. The second kappa shape index (κ2) is 5.20. The molecule has 1 amide bonds. The third-order valence-corrected chi connectivity index (χ3v) is 6.14. The molecule has 1 saturated carbocycles. The molecule has 3 atom stereocenters. The fourth-order valence-corrected chi connectivity index (χ4v) is 5.09. The lowest BCUT2D eigenvalue weighted by atomic mass is 9.63. The monoisotopic (exact) mass is 391 g/mol. The van der Waals surface area contributed by atoms with Gasteiger partial charge in [0.25, 0.3) is 0 Å². The Hall–Kier alpha value is -0.790. The molecule has 20 heavy (non-hydrogen) atoms. The number of methoxy groups -OCH3 is 1. The van der Waals surface area contributed by atoms with Crippen molar-refractivity contribution in [3.8, 4) is 0 Å². The summed E-state index contributed by atoms with van der Waals surface area (Å²) < 4.78 is 10.4. The lowest BCUT2D eigenvalue weighted by molar-refractivity contribution is -0.187.